The molecule has 0 radical (unpaired) electrons. The molecule has 1 saturated heterocycles. The molecule has 1 fully saturated rings. The Balaban J connectivity index is 1.79. The van der Waals surface area contributed by atoms with Gasteiger partial charge in [0.2, 0.25) is 0 Å². The fraction of sp³-hybridized carbons (Fsp3) is 0.526. The van der Waals surface area contributed by atoms with Gasteiger partial charge in [0.15, 0.2) is 9.84 Å². The van der Waals surface area contributed by atoms with Gasteiger partial charge in [0, 0.05) is 11.3 Å². The number of hydrogen-bond acceptors (Lipinski definition) is 3. The molecule has 2 heterocycles. The van der Waals surface area contributed by atoms with Crippen molar-refractivity contribution in [3.05, 3.63) is 52.8 Å². The lowest BCUT2D eigenvalue weighted by Gasteiger charge is -2.22. The van der Waals surface area contributed by atoms with Crippen LogP contribution in [0, 0.1) is 13.8 Å². The molecule has 1 aliphatic rings. The molecule has 25 heavy (non-hydrogen) atoms. The summed E-state index contributed by atoms with van der Waals surface area (Å²) in [6.07, 6.45) is 0.673. The van der Waals surface area contributed by atoms with Crippen LogP contribution >= 0.6 is 0 Å². The van der Waals surface area contributed by atoms with Crippen LogP contribution in [0.15, 0.2) is 30.3 Å². The third-order valence-corrected chi connectivity index (χ3v) is 7.27. The van der Waals surface area contributed by atoms with Crippen molar-refractivity contribution < 1.29 is 13.3 Å². The Morgan fingerprint density at radius 1 is 1.28 bits per heavy atom. The van der Waals surface area contributed by atoms with Crippen molar-refractivity contribution in [1.82, 2.24) is 9.78 Å². The quantitative estimate of drug-likeness (QED) is 0.880. The maximum Gasteiger partial charge on any atom is 0.152 e. The molecule has 0 aliphatic carbocycles. The van der Waals surface area contributed by atoms with Crippen LogP contribution in [0.4, 0.5) is 0 Å². The van der Waals surface area contributed by atoms with Crippen molar-refractivity contribution >= 4 is 9.84 Å². The van der Waals surface area contributed by atoms with Gasteiger partial charge in [-0.15, -0.1) is 0 Å². The van der Waals surface area contributed by atoms with Gasteiger partial charge < -0.3 is 4.90 Å². The van der Waals surface area contributed by atoms with Gasteiger partial charge in [-0.1, -0.05) is 30.3 Å². The summed E-state index contributed by atoms with van der Waals surface area (Å²) in [5.74, 6) is 0.499. The Labute approximate surface area is 150 Å². The predicted octanol–water partition coefficient (Wildman–Crippen LogP) is 1.64. The molecule has 136 valence electrons. The molecule has 3 rings (SSSR count). The first-order chi connectivity index (χ1) is 11.8. The van der Waals surface area contributed by atoms with E-state index in [0.29, 0.717) is 12.5 Å². The van der Waals surface area contributed by atoms with Crippen molar-refractivity contribution in [1.29, 1.82) is 0 Å². The third kappa shape index (κ3) is 3.80. The molecule has 0 bridgehead atoms. The highest BCUT2D eigenvalue weighted by molar-refractivity contribution is 7.91. The first-order valence-electron chi connectivity index (χ1n) is 8.91. The summed E-state index contributed by atoms with van der Waals surface area (Å²) in [5.41, 5.74) is 4.69. The molecule has 5 nitrogen and oxygen atoms in total. The lowest BCUT2D eigenvalue weighted by atomic mass is 10.1. The predicted molar refractivity (Wildman–Crippen MR) is 99.5 cm³/mol. The number of aryl methyl sites for hydroxylation is 1. The van der Waals surface area contributed by atoms with Gasteiger partial charge in [-0.25, -0.2) is 8.42 Å². The second-order valence-corrected chi connectivity index (χ2v) is 9.54. The molecule has 1 unspecified atom stereocenters. The van der Waals surface area contributed by atoms with Crippen LogP contribution in [0.25, 0.3) is 0 Å². The van der Waals surface area contributed by atoms with Crippen LogP contribution in [-0.4, -0.2) is 36.8 Å². The van der Waals surface area contributed by atoms with E-state index in [2.05, 4.69) is 50.3 Å². The normalized spacial score (nSPS) is 22.0. The monoisotopic (exact) mass is 362 g/mol. The summed E-state index contributed by atoms with van der Waals surface area (Å²) < 4.78 is 25.5. The maximum absolute atomic E-state index is 11.8. The van der Waals surface area contributed by atoms with Gasteiger partial charge in [0.1, 0.15) is 12.6 Å². The zero-order chi connectivity index (χ0) is 18.2. The highest BCUT2D eigenvalue weighted by Crippen LogP contribution is 2.26. The standard InChI is InChI=1S/C19H27N3O2S/c1-14-19(12-21(4)15(2)17-8-6-5-7-9-17)16(3)22(20-14)18-10-11-25(23,24)13-18/h5-9,15,18H,10-13H2,1-4H3/p+1/t15-,18-/m0/s1. The zero-order valence-electron chi connectivity index (χ0n) is 15.5. The van der Waals surface area contributed by atoms with E-state index in [1.165, 1.54) is 16.0 Å². The molecule has 3 atom stereocenters. The Bertz CT molecular complexity index is 843. The minimum absolute atomic E-state index is 0.00990. The van der Waals surface area contributed by atoms with Crippen LogP contribution in [0.3, 0.4) is 0 Å². The van der Waals surface area contributed by atoms with Crippen molar-refractivity contribution in [2.45, 2.75) is 45.8 Å². The Morgan fingerprint density at radius 2 is 1.96 bits per heavy atom. The molecule has 1 aromatic heterocycles. The molecular formula is C19H28N3O2S+. The topological polar surface area (TPSA) is 56.4 Å². The van der Waals surface area contributed by atoms with Crippen LogP contribution in [0.1, 0.15) is 47.9 Å². The van der Waals surface area contributed by atoms with E-state index in [-0.39, 0.29) is 17.5 Å². The minimum atomic E-state index is -2.90. The second-order valence-electron chi connectivity index (χ2n) is 7.31. The highest BCUT2D eigenvalue weighted by atomic mass is 32.2. The molecule has 6 heteroatoms. The molecule has 1 aliphatic heterocycles. The van der Waals surface area contributed by atoms with Crippen LogP contribution in [0.2, 0.25) is 0 Å². The number of benzene rings is 1. The van der Waals surface area contributed by atoms with Gasteiger partial charge in [0.25, 0.3) is 0 Å². The lowest BCUT2D eigenvalue weighted by Crippen LogP contribution is -3.07. The average molecular weight is 363 g/mol. The summed E-state index contributed by atoms with van der Waals surface area (Å²) >= 11 is 0. The molecule has 1 N–H and O–H groups in total. The van der Waals surface area contributed by atoms with Gasteiger partial charge in [-0.2, -0.15) is 5.10 Å². The van der Waals surface area contributed by atoms with Crippen LogP contribution in [-0.2, 0) is 16.4 Å². The Hall–Kier alpha value is -1.66. The fourth-order valence-corrected chi connectivity index (χ4v) is 5.43. The largest absolute Gasteiger partial charge is 0.328 e. The first-order valence-corrected chi connectivity index (χ1v) is 10.7. The summed E-state index contributed by atoms with van der Waals surface area (Å²) in [6.45, 7) is 7.22. The van der Waals surface area contributed by atoms with Gasteiger partial charge >= 0.3 is 0 Å². The van der Waals surface area contributed by atoms with Crippen LogP contribution < -0.4 is 4.90 Å². The molecular weight excluding hydrogens is 334 g/mol. The summed E-state index contributed by atoms with van der Waals surface area (Å²) in [6, 6.07) is 10.9. The summed E-state index contributed by atoms with van der Waals surface area (Å²) in [4.78, 5) is 1.40. The molecule has 0 amide bonds. The third-order valence-electron chi connectivity index (χ3n) is 5.52. The number of hydrogen-bond donors (Lipinski definition) is 1. The first kappa shape index (κ1) is 18.1. The minimum Gasteiger partial charge on any atom is -0.328 e. The summed E-state index contributed by atoms with van der Waals surface area (Å²) in [7, 11) is -0.700. The van der Waals surface area contributed by atoms with Crippen molar-refractivity contribution in [2.75, 3.05) is 18.6 Å². The van der Waals surface area contributed by atoms with E-state index in [0.717, 1.165) is 17.9 Å². The number of aromatic nitrogens is 2. The van der Waals surface area contributed by atoms with E-state index >= 15 is 0 Å². The van der Waals surface area contributed by atoms with E-state index < -0.39 is 9.84 Å². The second kappa shape index (κ2) is 6.92. The number of nitrogens with zero attached hydrogens (tertiary/aromatic N) is 2. The van der Waals surface area contributed by atoms with Gasteiger partial charge in [-0.3, -0.25) is 4.68 Å². The molecule has 0 spiro atoms. The van der Waals surface area contributed by atoms with Gasteiger partial charge in [0.05, 0.1) is 35.9 Å². The van der Waals surface area contributed by atoms with E-state index in [4.69, 9.17) is 0 Å². The van der Waals surface area contributed by atoms with E-state index in [1.807, 2.05) is 17.7 Å². The van der Waals surface area contributed by atoms with Crippen molar-refractivity contribution in [3.63, 3.8) is 0 Å². The Morgan fingerprint density at radius 3 is 2.56 bits per heavy atom. The smallest absolute Gasteiger partial charge is 0.152 e. The summed E-state index contributed by atoms with van der Waals surface area (Å²) in [5, 5.41) is 4.68. The van der Waals surface area contributed by atoms with Gasteiger partial charge in [-0.05, 0) is 27.2 Å². The van der Waals surface area contributed by atoms with E-state index in [9.17, 15) is 8.42 Å². The Kier molecular flexibility index (Phi) is 5.02. The molecule has 0 saturated carbocycles. The SMILES string of the molecule is Cc1nn([C@H]2CCS(=O)(=O)C2)c(C)c1C[NH+](C)[C@@H](C)c1ccccc1. The fourth-order valence-electron chi connectivity index (χ4n) is 3.73. The van der Waals surface area contributed by atoms with Crippen molar-refractivity contribution in [2.24, 2.45) is 0 Å². The molecule has 1 aromatic carbocycles. The number of sulfone groups is 1. The molecule has 2 aromatic rings. The zero-order valence-corrected chi connectivity index (χ0v) is 16.3. The maximum atomic E-state index is 11.8. The van der Waals surface area contributed by atoms with Crippen LogP contribution in [0.5, 0.6) is 0 Å². The average Bonchev–Trinajstić information content (AvgIpc) is 3.08. The van der Waals surface area contributed by atoms with E-state index in [1.54, 1.807) is 0 Å². The highest BCUT2D eigenvalue weighted by Gasteiger charge is 2.32. The number of quaternary nitrogens is 1. The van der Waals surface area contributed by atoms with Crippen molar-refractivity contribution in [3.8, 4) is 0 Å². The lowest BCUT2D eigenvalue weighted by molar-refractivity contribution is -0.924. The number of rotatable bonds is 5. The number of nitrogens with one attached hydrogen (secondary N) is 1.